The summed E-state index contributed by atoms with van der Waals surface area (Å²) in [7, 11) is 0. The summed E-state index contributed by atoms with van der Waals surface area (Å²) in [6, 6.07) is 6.99. The van der Waals surface area contributed by atoms with Gasteiger partial charge in [-0.1, -0.05) is 6.07 Å². The molecule has 0 unspecified atom stereocenters. The van der Waals surface area contributed by atoms with Crippen molar-refractivity contribution in [1.29, 1.82) is 0 Å². The molecule has 110 valence electrons. The number of nitrogens with zero attached hydrogens (tertiary/aromatic N) is 1. The molecular formula is C15H15F2N3O. The maximum Gasteiger partial charge on any atom is 0.238 e. The summed E-state index contributed by atoms with van der Waals surface area (Å²) in [5, 5.41) is 5.19. The average Bonchev–Trinajstić information content (AvgIpc) is 2.49. The SMILES string of the molecule is C[C@@H](NCC(=O)Nc1c(F)cccc1F)c1ccncc1. The molecule has 0 aliphatic heterocycles. The molecule has 6 heteroatoms. The van der Waals surface area contributed by atoms with Crippen molar-refractivity contribution < 1.29 is 13.6 Å². The number of hydrogen-bond acceptors (Lipinski definition) is 3. The first kappa shape index (κ1) is 15.1. The Morgan fingerprint density at radius 1 is 1.19 bits per heavy atom. The van der Waals surface area contributed by atoms with Crippen LogP contribution < -0.4 is 10.6 Å². The molecular weight excluding hydrogens is 276 g/mol. The number of carbonyl (C=O) groups is 1. The molecule has 0 saturated carbocycles. The zero-order valence-electron chi connectivity index (χ0n) is 11.4. The van der Waals surface area contributed by atoms with Crippen molar-refractivity contribution >= 4 is 11.6 Å². The highest BCUT2D eigenvalue weighted by Crippen LogP contribution is 2.17. The van der Waals surface area contributed by atoms with E-state index >= 15 is 0 Å². The molecule has 21 heavy (non-hydrogen) atoms. The van der Waals surface area contributed by atoms with Crippen LogP contribution in [0.15, 0.2) is 42.7 Å². The van der Waals surface area contributed by atoms with Crippen LogP contribution >= 0.6 is 0 Å². The lowest BCUT2D eigenvalue weighted by atomic mass is 10.1. The van der Waals surface area contributed by atoms with Crippen LogP contribution in [0.4, 0.5) is 14.5 Å². The molecule has 1 amide bonds. The van der Waals surface area contributed by atoms with Crippen molar-refractivity contribution in [2.45, 2.75) is 13.0 Å². The maximum atomic E-state index is 13.4. The monoisotopic (exact) mass is 291 g/mol. The molecule has 1 aromatic carbocycles. The van der Waals surface area contributed by atoms with Gasteiger partial charge in [-0.3, -0.25) is 9.78 Å². The van der Waals surface area contributed by atoms with E-state index in [1.165, 1.54) is 6.07 Å². The molecule has 0 radical (unpaired) electrons. The molecule has 0 spiro atoms. The first-order chi connectivity index (χ1) is 10.1. The van der Waals surface area contributed by atoms with E-state index in [4.69, 9.17) is 0 Å². The molecule has 1 aromatic heterocycles. The fourth-order valence-corrected chi connectivity index (χ4v) is 1.82. The topological polar surface area (TPSA) is 54.0 Å². The lowest BCUT2D eigenvalue weighted by Crippen LogP contribution is -2.30. The largest absolute Gasteiger partial charge is 0.320 e. The lowest BCUT2D eigenvalue weighted by molar-refractivity contribution is -0.115. The molecule has 2 N–H and O–H groups in total. The summed E-state index contributed by atoms with van der Waals surface area (Å²) in [5.74, 6) is -2.11. The van der Waals surface area contributed by atoms with E-state index in [9.17, 15) is 13.6 Å². The second-order valence-electron chi connectivity index (χ2n) is 4.53. The van der Waals surface area contributed by atoms with Crippen LogP contribution in [0.3, 0.4) is 0 Å². The Kier molecular flexibility index (Phi) is 4.94. The molecule has 1 heterocycles. The Morgan fingerprint density at radius 2 is 1.81 bits per heavy atom. The minimum Gasteiger partial charge on any atom is -0.320 e. The number of anilines is 1. The van der Waals surface area contributed by atoms with Gasteiger partial charge in [-0.05, 0) is 36.8 Å². The number of rotatable bonds is 5. The quantitative estimate of drug-likeness (QED) is 0.890. The average molecular weight is 291 g/mol. The van der Waals surface area contributed by atoms with E-state index in [1.54, 1.807) is 12.4 Å². The Labute approximate surface area is 121 Å². The first-order valence-electron chi connectivity index (χ1n) is 6.45. The lowest BCUT2D eigenvalue weighted by Gasteiger charge is -2.14. The van der Waals surface area contributed by atoms with Gasteiger partial charge in [0.25, 0.3) is 0 Å². The Morgan fingerprint density at radius 3 is 2.43 bits per heavy atom. The summed E-state index contributed by atoms with van der Waals surface area (Å²) in [4.78, 5) is 15.6. The summed E-state index contributed by atoms with van der Waals surface area (Å²) in [6.45, 7) is 1.82. The third kappa shape index (κ3) is 4.06. The van der Waals surface area contributed by atoms with Gasteiger partial charge < -0.3 is 10.6 Å². The van der Waals surface area contributed by atoms with Crippen LogP contribution in [0, 0.1) is 11.6 Å². The second-order valence-corrected chi connectivity index (χ2v) is 4.53. The van der Waals surface area contributed by atoms with Gasteiger partial charge in [0, 0.05) is 18.4 Å². The van der Waals surface area contributed by atoms with Gasteiger partial charge in [-0.2, -0.15) is 0 Å². The van der Waals surface area contributed by atoms with Crippen molar-refractivity contribution in [3.63, 3.8) is 0 Å². The highest BCUT2D eigenvalue weighted by molar-refractivity contribution is 5.92. The van der Waals surface area contributed by atoms with Crippen LogP contribution in [0.2, 0.25) is 0 Å². The molecule has 0 aliphatic rings. The smallest absolute Gasteiger partial charge is 0.238 e. The minimum absolute atomic E-state index is 0.0583. The van der Waals surface area contributed by atoms with E-state index in [1.807, 2.05) is 19.1 Å². The normalized spacial score (nSPS) is 12.0. The van der Waals surface area contributed by atoms with Gasteiger partial charge in [-0.25, -0.2) is 8.78 Å². The van der Waals surface area contributed by atoms with Crippen LogP contribution in [0.5, 0.6) is 0 Å². The number of halogens is 2. The van der Waals surface area contributed by atoms with Crippen LogP contribution in [-0.2, 0) is 4.79 Å². The van der Waals surface area contributed by atoms with Crippen LogP contribution in [0.25, 0.3) is 0 Å². The minimum atomic E-state index is -0.800. The van der Waals surface area contributed by atoms with Gasteiger partial charge in [0.15, 0.2) is 0 Å². The number of para-hydroxylation sites is 1. The first-order valence-corrected chi connectivity index (χ1v) is 6.45. The number of benzene rings is 1. The van der Waals surface area contributed by atoms with Crippen molar-refractivity contribution in [1.82, 2.24) is 10.3 Å². The van der Waals surface area contributed by atoms with Gasteiger partial charge in [0.1, 0.15) is 17.3 Å². The molecule has 4 nitrogen and oxygen atoms in total. The number of nitrogens with one attached hydrogen (secondary N) is 2. The Bertz CT molecular complexity index is 599. The number of carbonyl (C=O) groups excluding carboxylic acids is 1. The zero-order chi connectivity index (χ0) is 15.2. The fourth-order valence-electron chi connectivity index (χ4n) is 1.82. The summed E-state index contributed by atoms with van der Waals surface area (Å²) in [5.41, 5.74) is 0.538. The molecule has 0 fully saturated rings. The van der Waals surface area contributed by atoms with Crippen LogP contribution in [0.1, 0.15) is 18.5 Å². The fraction of sp³-hybridized carbons (Fsp3) is 0.200. The highest BCUT2D eigenvalue weighted by atomic mass is 19.1. The number of hydrogen-bond donors (Lipinski definition) is 2. The van der Waals surface area contributed by atoms with Gasteiger partial charge in [-0.15, -0.1) is 0 Å². The maximum absolute atomic E-state index is 13.4. The molecule has 2 rings (SSSR count). The number of aromatic nitrogens is 1. The predicted molar refractivity (Wildman–Crippen MR) is 75.6 cm³/mol. The van der Waals surface area contributed by atoms with Crippen molar-refractivity contribution in [3.05, 3.63) is 59.9 Å². The van der Waals surface area contributed by atoms with Crippen molar-refractivity contribution in [2.24, 2.45) is 0 Å². The van der Waals surface area contributed by atoms with Crippen LogP contribution in [-0.4, -0.2) is 17.4 Å². The van der Waals surface area contributed by atoms with E-state index in [-0.39, 0.29) is 12.6 Å². The number of pyridine rings is 1. The third-order valence-electron chi connectivity index (χ3n) is 3.00. The van der Waals surface area contributed by atoms with Gasteiger partial charge >= 0.3 is 0 Å². The van der Waals surface area contributed by atoms with Crippen molar-refractivity contribution in [3.8, 4) is 0 Å². The van der Waals surface area contributed by atoms with E-state index < -0.39 is 23.2 Å². The van der Waals surface area contributed by atoms with E-state index in [2.05, 4.69) is 15.6 Å². The molecule has 2 aromatic rings. The van der Waals surface area contributed by atoms with Crippen molar-refractivity contribution in [2.75, 3.05) is 11.9 Å². The highest BCUT2D eigenvalue weighted by Gasteiger charge is 2.12. The standard InChI is InChI=1S/C15H15F2N3O/c1-10(11-5-7-18-8-6-11)19-9-14(21)20-15-12(16)3-2-4-13(15)17/h2-8,10,19H,9H2,1H3,(H,20,21)/t10-/m1/s1. The third-order valence-corrected chi connectivity index (χ3v) is 3.00. The predicted octanol–water partition coefficient (Wildman–Crippen LogP) is 2.65. The van der Waals surface area contributed by atoms with Gasteiger partial charge in [0.2, 0.25) is 5.91 Å². The molecule has 0 aliphatic carbocycles. The van der Waals surface area contributed by atoms with E-state index in [0.29, 0.717) is 0 Å². The van der Waals surface area contributed by atoms with Gasteiger partial charge in [0.05, 0.1) is 6.54 Å². The number of amides is 1. The molecule has 0 bridgehead atoms. The zero-order valence-corrected chi connectivity index (χ0v) is 11.4. The molecule has 0 saturated heterocycles. The summed E-state index contributed by atoms with van der Waals surface area (Å²) in [6.07, 6.45) is 3.31. The Hall–Kier alpha value is -2.34. The van der Waals surface area contributed by atoms with E-state index in [0.717, 1.165) is 17.7 Å². The summed E-state index contributed by atoms with van der Waals surface area (Å²) < 4.78 is 26.8. The molecule has 1 atom stereocenters. The second kappa shape index (κ2) is 6.90. The summed E-state index contributed by atoms with van der Waals surface area (Å²) >= 11 is 0. The Balaban J connectivity index is 1.91.